The summed E-state index contributed by atoms with van der Waals surface area (Å²) in [7, 11) is 0. The molecule has 24 heavy (non-hydrogen) atoms. The van der Waals surface area contributed by atoms with Crippen LogP contribution in [0.3, 0.4) is 0 Å². The molecule has 1 unspecified atom stereocenters. The first-order valence-corrected chi connectivity index (χ1v) is 7.92. The minimum Gasteiger partial charge on any atom is -0.494 e. The monoisotopic (exact) mass is 325 g/mol. The van der Waals surface area contributed by atoms with Gasteiger partial charge in [0.05, 0.1) is 12.6 Å². The summed E-state index contributed by atoms with van der Waals surface area (Å²) in [4.78, 5) is 12.5. The highest BCUT2D eigenvalue weighted by atomic mass is 16.5. The Kier molecular flexibility index (Phi) is 4.69. The topological polar surface area (TPSA) is 81.4 Å². The summed E-state index contributed by atoms with van der Waals surface area (Å²) in [6.07, 6.45) is 2.45. The van der Waals surface area contributed by atoms with Crippen LogP contribution in [0.1, 0.15) is 42.2 Å². The summed E-state index contributed by atoms with van der Waals surface area (Å²) >= 11 is 0. The van der Waals surface area contributed by atoms with Gasteiger partial charge in [-0.3, -0.25) is 4.79 Å². The van der Waals surface area contributed by atoms with E-state index in [9.17, 15) is 4.79 Å². The molecular formula is C17H19N5O2. The number of nitrogens with one attached hydrogen (secondary N) is 1. The number of hydrogen-bond donors (Lipinski definition) is 1. The van der Waals surface area contributed by atoms with E-state index >= 15 is 0 Å². The molecule has 7 nitrogen and oxygen atoms in total. The molecule has 1 amide bonds. The van der Waals surface area contributed by atoms with Crippen molar-refractivity contribution in [2.45, 2.75) is 26.3 Å². The molecule has 0 aliphatic heterocycles. The molecule has 7 heteroatoms. The van der Waals surface area contributed by atoms with E-state index in [1.54, 1.807) is 18.3 Å². The van der Waals surface area contributed by atoms with Crippen LogP contribution in [0.2, 0.25) is 0 Å². The van der Waals surface area contributed by atoms with E-state index in [2.05, 4.69) is 20.8 Å². The number of aromatic nitrogens is 4. The van der Waals surface area contributed by atoms with Gasteiger partial charge < -0.3 is 10.1 Å². The van der Waals surface area contributed by atoms with E-state index in [0.717, 1.165) is 17.7 Å². The first-order chi connectivity index (χ1) is 11.7. The number of tetrazole rings is 1. The van der Waals surface area contributed by atoms with Gasteiger partial charge in [-0.05, 0) is 53.6 Å². The molecule has 1 atom stereocenters. The second kappa shape index (κ2) is 7.08. The number of carbonyl (C=O) groups excluding carboxylic acids is 1. The molecule has 0 saturated carbocycles. The van der Waals surface area contributed by atoms with Crippen LogP contribution in [-0.4, -0.2) is 32.6 Å². The van der Waals surface area contributed by atoms with Crippen LogP contribution in [0.5, 0.6) is 5.75 Å². The van der Waals surface area contributed by atoms with Gasteiger partial charge in [0.15, 0.2) is 5.65 Å². The quantitative estimate of drug-likeness (QED) is 0.752. The number of fused-ring (bicyclic) bond motifs is 1. The summed E-state index contributed by atoms with van der Waals surface area (Å²) in [5, 5.41) is 14.3. The zero-order valence-corrected chi connectivity index (χ0v) is 13.6. The number of rotatable bonds is 6. The van der Waals surface area contributed by atoms with Gasteiger partial charge in [0.25, 0.3) is 5.91 Å². The molecule has 2 aromatic heterocycles. The van der Waals surface area contributed by atoms with Crippen LogP contribution in [0.4, 0.5) is 0 Å². The summed E-state index contributed by atoms with van der Waals surface area (Å²) in [5.41, 5.74) is 2.11. The summed E-state index contributed by atoms with van der Waals surface area (Å²) in [5.74, 6) is 0.674. The highest BCUT2D eigenvalue weighted by Crippen LogP contribution is 2.21. The third-order valence-corrected chi connectivity index (χ3v) is 3.77. The van der Waals surface area contributed by atoms with Crippen molar-refractivity contribution in [1.29, 1.82) is 0 Å². The van der Waals surface area contributed by atoms with Gasteiger partial charge in [-0.15, -0.1) is 5.10 Å². The second-order valence-corrected chi connectivity index (χ2v) is 5.33. The lowest BCUT2D eigenvalue weighted by molar-refractivity contribution is 0.0935. The minimum absolute atomic E-state index is 0.0691. The van der Waals surface area contributed by atoms with Crippen LogP contribution < -0.4 is 10.1 Å². The molecule has 3 aromatic rings. The van der Waals surface area contributed by atoms with Crippen molar-refractivity contribution in [3.8, 4) is 5.75 Å². The van der Waals surface area contributed by atoms with Gasteiger partial charge in [0.1, 0.15) is 5.75 Å². The number of nitrogens with zero attached hydrogens (tertiary/aromatic N) is 4. The van der Waals surface area contributed by atoms with Gasteiger partial charge >= 0.3 is 0 Å². The molecule has 0 radical (unpaired) electrons. The van der Waals surface area contributed by atoms with E-state index < -0.39 is 0 Å². The maximum atomic E-state index is 12.5. The largest absolute Gasteiger partial charge is 0.494 e. The normalized spacial score (nSPS) is 12.1. The van der Waals surface area contributed by atoms with Crippen molar-refractivity contribution in [3.63, 3.8) is 0 Å². The second-order valence-electron chi connectivity index (χ2n) is 5.33. The van der Waals surface area contributed by atoms with Crippen molar-refractivity contribution < 1.29 is 9.53 Å². The Morgan fingerprint density at radius 1 is 1.25 bits per heavy atom. The zero-order chi connectivity index (χ0) is 16.9. The average molecular weight is 325 g/mol. The molecule has 1 aromatic carbocycles. The Morgan fingerprint density at radius 3 is 2.75 bits per heavy atom. The molecule has 0 spiro atoms. The molecule has 0 aliphatic carbocycles. The Morgan fingerprint density at radius 2 is 2.04 bits per heavy atom. The summed E-state index contributed by atoms with van der Waals surface area (Å²) in [6.45, 7) is 4.62. The zero-order valence-electron chi connectivity index (χ0n) is 13.6. The lowest BCUT2D eigenvalue weighted by atomic mass is 10.0. The smallest absolute Gasteiger partial charge is 0.251 e. The first kappa shape index (κ1) is 15.9. The number of benzene rings is 1. The number of ether oxygens (including phenoxy) is 1. The fourth-order valence-corrected chi connectivity index (χ4v) is 2.51. The molecule has 3 rings (SSSR count). The number of amides is 1. The highest BCUT2D eigenvalue weighted by Gasteiger charge is 2.15. The van der Waals surface area contributed by atoms with Gasteiger partial charge in [0.2, 0.25) is 0 Å². The summed E-state index contributed by atoms with van der Waals surface area (Å²) < 4.78 is 6.96. The SMILES string of the molecule is CCOc1ccc(C(CC)NC(=O)c2ccn3nnnc3c2)cc1. The van der Waals surface area contributed by atoms with E-state index in [-0.39, 0.29) is 11.9 Å². The lowest BCUT2D eigenvalue weighted by Crippen LogP contribution is -2.28. The van der Waals surface area contributed by atoms with Crippen molar-refractivity contribution >= 4 is 11.6 Å². The average Bonchev–Trinajstić information content (AvgIpc) is 3.08. The van der Waals surface area contributed by atoms with Crippen molar-refractivity contribution in [1.82, 2.24) is 25.4 Å². The maximum absolute atomic E-state index is 12.5. The third kappa shape index (κ3) is 3.34. The standard InChI is InChI=1S/C17H19N5O2/c1-3-15(12-5-7-14(8-6-12)24-4-2)18-17(23)13-9-10-22-16(11-13)19-20-21-22/h5-11,15H,3-4H2,1-2H3,(H,18,23). The van der Waals surface area contributed by atoms with Crippen LogP contribution in [0.15, 0.2) is 42.6 Å². The van der Waals surface area contributed by atoms with Crippen molar-refractivity contribution in [2.75, 3.05) is 6.61 Å². The predicted molar refractivity (Wildman–Crippen MR) is 88.9 cm³/mol. The van der Waals surface area contributed by atoms with Crippen LogP contribution in [-0.2, 0) is 0 Å². The fraction of sp³-hybridized carbons (Fsp3) is 0.294. The third-order valence-electron chi connectivity index (χ3n) is 3.77. The maximum Gasteiger partial charge on any atom is 0.251 e. The van der Waals surface area contributed by atoms with E-state index in [1.165, 1.54) is 4.52 Å². The number of pyridine rings is 1. The van der Waals surface area contributed by atoms with Gasteiger partial charge in [-0.25, -0.2) is 4.52 Å². The van der Waals surface area contributed by atoms with Gasteiger partial charge in [-0.1, -0.05) is 19.1 Å². The predicted octanol–water partition coefficient (Wildman–Crippen LogP) is 2.40. The lowest BCUT2D eigenvalue weighted by Gasteiger charge is -2.18. The fourth-order valence-electron chi connectivity index (χ4n) is 2.51. The van der Waals surface area contributed by atoms with E-state index in [0.29, 0.717) is 17.8 Å². The molecule has 2 heterocycles. The van der Waals surface area contributed by atoms with E-state index in [1.807, 2.05) is 38.1 Å². The Balaban J connectivity index is 1.75. The Hall–Kier alpha value is -2.96. The number of carbonyl (C=O) groups is 1. The van der Waals surface area contributed by atoms with Gasteiger partial charge in [0, 0.05) is 11.8 Å². The number of hydrogen-bond acceptors (Lipinski definition) is 5. The molecule has 1 N–H and O–H groups in total. The van der Waals surface area contributed by atoms with Crippen LogP contribution in [0, 0.1) is 0 Å². The van der Waals surface area contributed by atoms with E-state index in [4.69, 9.17) is 4.74 Å². The van der Waals surface area contributed by atoms with Crippen LogP contribution in [0.25, 0.3) is 5.65 Å². The Bertz CT molecular complexity index is 828. The molecule has 0 aliphatic rings. The van der Waals surface area contributed by atoms with Crippen molar-refractivity contribution in [3.05, 3.63) is 53.7 Å². The van der Waals surface area contributed by atoms with Gasteiger partial charge in [-0.2, -0.15) is 0 Å². The highest BCUT2D eigenvalue weighted by molar-refractivity contribution is 5.95. The van der Waals surface area contributed by atoms with Crippen LogP contribution >= 0.6 is 0 Å². The molecular weight excluding hydrogens is 306 g/mol. The first-order valence-electron chi connectivity index (χ1n) is 7.92. The Labute approximate surface area is 139 Å². The van der Waals surface area contributed by atoms with Crippen molar-refractivity contribution in [2.24, 2.45) is 0 Å². The molecule has 0 fully saturated rings. The molecule has 124 valence electrons. The minimum atomic E-state index is -0.152. The molecule has 0 bridgehead atoms. The molecule has 0 saturated heterocycles. The summed E-state index contributed by atoms with van der Waals surface area (Å²) in [6, 6.07) is 11.1.